The van der Waals surface area contributed by atoms with Crippen LogP contribution in [0.25, 0.3) is 60.5 Å². The van der Waals surface area contributed by atoms with Crippen molar-refractivity contribution < 1.29 is 0 Å². The molecule has 5 aromatic carbocycles. The molecular formula is C32H22. The van der Waals surface area contributed by atoms with Gasteiger partial charge in [-0.05, 0) is 85.0 Å². The van der Waals surface area contributed by atoms with Crippen molar-refractivity contribution in [1.82, 2.24) is 0 Å². The van der Waals surface area contributed by atoms with Crippen molar-refractivity contribution in [2.45, 2.75) is 12.8 Å². The van der Waals surface area contributed by atoms with Gasteiger partial charge in [0.2, 0.25) is 0 Å². The van der Waals surface area contributed by atoms with Crippen LogP contribution < -0.4 is 0 Å². The molecule has 0 saturated carbocycles. The van der Waals surface area contributed by atoms with E-state index < -0.39 is 0 Å². The van der Waals surface area contributed by atoms with Crippen LogP contribution in [0.5, 0.6) is 0 Å². The average Bonchev–Trinajstić information content (AvgIpc) is 3.20. The molecule has 2 aliphatic rings. The third-order valence-corrected chi connectivity index (χ3v) is 7.07. The van der Waals surface area contributed by atoms with Gasteiger partial charge in [-0.3, -0.25) is 0 Å². The molecule has 0 amide bonds. The summed E-state index contributed by atoms with van der Waals surface area (Å²) in [4.78, 5) is 0. The maximum absolute atomic E-state index is 2.42. The second-order valence-electron chi connectivity index (χ2n) is 8.81. The highest BCUT2D eigenvalue weighted by Crippen LogP contribution is 2.55. The summed E-state index contributed by atoms with van der Waals surface area (Å²) in [5, 5.41) is 5.41. The summed E-state index contributed by atoms with van der Waals surface area (Å²) in [5.41, 5.74) is 11.0. The lowest BCUT2D eigenvalue weighted by atomic mass is 9.85. The van der Waals surface area contributed by atoms with Crippen LogP contribution in [0.3, 0.4) is 0 Å². The van der Waals surface area contributed by atoms with Gasteiger partial charge in [0.25, 0.3) is 0 Å². The van der Waals surface area contributed by atoms with Crippen LogP contribution in [0.1, 0.15) is 18.4 Å². The van der Waals surface area contributed by atoms with Gasteiger partial charge in [0.05, 0.1) is 0 Å². The second-order valence-corrected chi connectivity index (χ2v) is 8.81. The zero-order valence-corrected chi connectivity index (χ0v) is 17.8. The van der Waals surface area contributed by atoms with Gasteiger partial charge in [-0.1, -0.05) is 103 Å². The van der Waals surface area contributed by atoms with E-state index in [-0.39, 0.29) is 0 Å². The monoisotopic (exact) mass is 406 g/mol. The van der Waals surface area contributed by atoms with Crippen molar-refractivity contribution in [2.75, 3.05) is 0 Å². The molecule has 0 nitrogen and oxygen atoms in total. The van der Waals surface area contributed by atoms with Crippen molar-refractivity contribution in [2.24, 2.45) is 0 Å². The van der Waals surface area contributed by atoms with Crippen molar-refractivity contribution in [3.63, 3.8) is 0 Å². The molecule has 0 radical (unpaired) electrons. The van der Waals surface area contributed by atoms with Gasteiger partial charge < -0.3 is 0 Å². The van der Waals surface area contributed by atoms with Crippen molar-refractivity contribution in [1.29, 1.82) is 0 Å². The molecule has 2 aliphatic carbocycles. The first-order valence-electron chi connectivity index (χ1n) is 11.4. The lowest BCUT2D eigenvalue weighted by Gasteiger charge is -2.18. The fraction of sp³-hybridized carbons (Fsp3) is 0.0625. The van der Waals surface area contributed by atoms with E-state index in [0.717, 1.165) is 12.8 Å². The van der Waals surface area contributed by atoms with Gasteiger partial charge in [-0.15, -0.1) is 0 Å². The standard InChI is InChI=1S/C32H22/c1-3-10-21(11-4-1)25-18-19-26(22-12-5-2-6-13-22)32-29-20-23-14-7-8-15-24(23)27-16-9-17-28(30(27)29)31(25)32/h1-5,7-12,14-20H,6,13H2. The van der Waals surface area contributed by atoms with E-state index in [0.29, 0.717) is 0 Å². The van der Waals surface area contributed by atoms with Crippen LogP contribution in [-0.2, 0) is 0 Å². The predicted molar refractivity (Wildman–Crippen MR) is 138 cm³/mol. The zero-order valence-electron chi connectivity index (χ0n) is 17.8. The third kappa shape index (κ3) is 2.44. The van der Waals surface area contributed by atoms with Crippen LogP contribution in [0.4, 0.5) is 0 Å². The molecule has 0 unspecified atom stereocenters. The van der Waals surface area contributed by atoms with E-state index in [1.165, 1.54) is 66.1 Å². The maximum atomic E-state index is 2.42. The minimum atomic E-state index is 1.10. The summed E-state index contributed by atoms with van der Waals surface area (Å²) >= 11 is 0. The van der Waals surface area contributed by atoms with Gasteiger partial charge in [0.15, 0.2) is 0 Å². The molecule has 0 atom stereocenters. The van der Waals surface area contributed by atoms with Gasteiger partial charge >= 0.3 is 0 Å². The van der Waals surface area contributed by atoms with Crippen LogP contribution in [0.2, 0.25) is 0 Å². The van der Waals surface area contributed by atoms with Crippen molar-refractivity contribution >= 4 is 27.1 Å². The molecule has 150 valence electrons. The normalized spacial score (nSPS) is 14.1. The predicted octanol–water partition coefficient (Wildman–Crippen LogP) is 9.04. The van der Waals surface area contributed by atoms with Gasteiger partial charge in [-0.25, -0.2) is 0 Å². The quantitative estimate of drug-likeness (QED) is 0.252. The minimum absolute atomic E-state index is 1.10. The largest absolute Gasteiger partial charge is 0.0842 e. The minimum Gasteiger partial charge on any atom is -0.0842 e. The Labute approximate surface area is 188 Å². The lowest BCUT2D eigenvalue weighted by molar-refractivity contribution is 1.05. The smallest absolute Gasteiger partial charge is 0.00140 e. The Bertz CT molecular complexity index is 1600. The highest BCUT2D eigenvalue weighted by molar-refractivity contribution is 6.26. The second kappa shape index (κ2) is 6.80. The zero-order chi connectivity index (χ0) is 21.1. The number of hydrogen-bond acceptors (Lipinski definition) is 0. The average molecular weight is 407 g/mol. The Kier molecular flexibility index (Phi) is 3.77. The summed E-state index contributed by atoms with van der Waals surface area (Å²) in [7, 11) is 0. The van der Waals surface area contributed by atoms with Crippen LogP contribution in [0.15, 0.2) is 109 Å². The summed E-state index contributed by atoms with van der Waals surface area (Å²) in [5.74, 6) is 0. The van der Waals surface area contributed by atoms with E-state index in [4.69, 9.17) is 0 Å². The maximum Gasteiger partial charge on any atom is -0.00140 e. The Morgan fingerprint density at radius 1 is 0.562 bits per heavy atom. The molecule has 0 saturated heterocycles. The molecule has 5 aromatic rings. The fourth-order valence-corrected chi connectivity index (χ4v) is 5.68. The molecule has 0 bridgehead atoms. The number of rotatable bonds is 2. The van der Waals surface area contributed by atoms with Gasteiger partial charge in [-0.2, -0.15) is 0 Å². The Hall–Kier alpha value is -3.90. The molecular weight excluding hydrogens is 384 g/mol. The van der Waals surface area contributed by atoms with Crippen LogP contribution in [-0.4, -0.2) is 0 Å². The van der Waals surface area contributed by atoms with Crippen LogP contribution in [0, 0.1) is 0 Å². The summed E-state index contributed by atoms with van der Waals surface area (Å²) in [6.45, 7) is 0. The van der Waals surface area contributed by atoms with Crippen molar-refractivity contribution in [3.05, 3.63) is 115 Å². The lowest BCUT2D eigenvalue weighted by Crippen LogP contribution is -1.94. The van der Waals surface area contributed by atoms with Crippen molar-refractivity contribution in [3.8, 4) is 33.4 Å². The first-order chi connectivity index (χ1) is 15.9. The SMILES string of the molecule is C1=CCCC(c2ccc(-c3ccccc3)c3c2-c2cc4ccccc4c4cccc-3c24)=C1. The highest BCUT2D eigenvalue weighted by Gasteiger charge is 2.28. The first kappa shape index (κ1) is 17.7. The Morgan fingerprint density at radius 3 is 2.22 bits per heavy atom. The van der Waals surface area contributed by atoms with Crippen LogP contribution >= 0.6 is 0 Å². The summed E-state index contributed by atoms with van der Waals surface area (Å²) in [6.07, 6.45) is 9.00. The molecule has 0 heteroatoms. The molecule has 0 N–H and O–H groups in total. The summed E-state index contributed by atoms with van der Waals surface area (Å²) in [6, 6.07) is 33.6. The number of allylic oxidation sites excluding steroid dienone is 4. The number of hydrogen-bond donors (Lipinski definition) is 0. The topological polar surface area (TPSA) is 0 Å². The Balaban J connectivity index is 1.66. The van der Waals surface area contributed by atoms with E-state index in [9.17, 15) is 0 Å². The van der Waals surface area contributed by atoms with Gasteiger partial charge in [0.1, 0.15) is 0 Å². The van der Waals surface area contributed by atoms with E-state index in [2.05, 4.69) is 109 Å². The number of fused-ring (bicyclic) bond motifs is 5. The van der Waals surface area contributed by atoms with E-state index in [1.807, 2.05) is 0 Å². The molecule has 0 aromatic heterocycles. The molecule has 0 aliphatic heterocycles. The summed E-state index contributed by atoms with van der Waals surface area (Å²) < 4.78 is 0. The van der Waals surface area contributed by atoms with Gasteiger partial charge in [0, 0.05) is 0 Å². The molecule has 32 heavy (non-hydrogen) atoms. The molecule has 0 spiro atoms. The van der Waals surface area contributed by atoms with E-state index >= 15 is 0 Å². The highest BCUT2D eigenvalue weighted by atomic mass is 14.3. The molecule has 7 rings (SSSR count). The third-order valence-electron chi connectivity index (χ3n) is 7.07. The molecule has 0 fully saturated rings. The Morgan fingerprint density at radius 2 is 1.34 bits per heavy atom. The first-order valence-corrected chi connectivity index (χ1v) is 11.4. The number of benzene rings is 5. The van der Waals surface area contributed by atoms with E-state index in [1.54, 1.807) is 0 Å². The fourth-order valence-electron chi connectivity index (χ4n) is 5.68. The molecule has 0 heterocycles.